The highest BCUT2D eigenvalue weighted by Crippen LogP contribution is 2.27. The van der Waals surface area contributed by atoms with Gasteiger partial charge >= 0.3 is 0 Å². The van der Waals surface area contributed by atoms with E-state index >= 15 is 0 Å². The van der Waals surface area contributed by atoms with Crippen LogP contribution < -0.4 is 15.8 Å². The molecule has 1 unspecified atom stereocenters. The highest BCUT2D eigenvalue weighted by atomic mass is 35.5. The number of hydrogen-bond donors (Lipinski definition) is 2. The third-order valence-corrected chi connectivity index (χ3v) is 3.66. The average Bonchev–Trinajstić information content (AvgIpc) is 2.55. The lowest BCUT2D eigenvalue weighted by molar-refractivity contribution is -0.123. The van der Waals surface area contributed by atoms with Crippen LogP contribution in [0.25, 0.3) is 0 Å². The molecular weight excluding hydrogens is 331 g/mol. The van der Waals surface area contributed by atoms with E-state index in [4.69, 9.17) is 10.5 Å². The summed E-state index contributed by atoms with van der Waals surface area (Å²) in [6.07, 6.45) is 0.424. The lowest BCUT2D eigenvalue weighted by atomic mass is 10.0. The van der Waals surface area contributed by atoms with E-state index in [1.165, 1.54) is 13.2 Å². The van der Waals surface area contributed by atoms with Crippen LogP contribution >= 0.6 is 12.4 Å². The van der Waals surface area contributed by atoms with Gasteiger partial charge in [-0.2, -0.15) is 0 Å². The average molecular weight is 353 g/mol. The highest BCUT2D eigenvalue weighted by Gasteiger charge is 2.21. The van der Waals surface area contributed by atoms with Crippen LogP contribution in [0, 0.1) is 5.82 Å². The molecule has 3 N–H and O–H groups in total. The summed E-state index contributed by atoms with van der Waals surface area (Å²) in [7, 11) is 1.47. The van der Waals surface area contributed by atoms with Crippen molar-refractivity contribution in [2.75, 3.05) is 7.11 Å². The molecule has 0 spiro atoms. The van der Waals surface area contributed by atoms with Gasteiger partial charge in [-0.25, -0.2) is 4.39 Å². The molecule has 2 rings (SSSR count). The smallest absolute Gasteiger partial charge is 0.237 e. The number of rotatable bonds is 6. The van der Waals surface area contributed by atoms with Crippen molar-refractivity contribution in [3.05, 3.63) is 65.5 Å². The molecular formula is C18H22ClFN2O2. The summed E-state index contributed by atoms with van der Waals surface area (Å²) >= 11 is 0. The predicted molar refractivity (Wildman–Crippen MR) is 94.9 cm³/mol. The van der Waals surface area contributed by atoms with E-state index in [2.05, 4.69) is 5.32 Å². The van der Waals surface area contributed by atoms with Gasteiger partial charge in [-0.3, -0.25) is 4.79 Å². The Balaban J connectivity index is 0.00000288. The second-order valence-corrected chi connectivity index (χ2v) is 5.38. The molecule has 0 fully saturated rings. The first-order valence-electron chi connectivity index (χ1n) is 7.45. The van der Waals surface area contributed by atoms with Gasteiger partial charge in [0.1, 0.15) is 11.6 Å². The van der Waals surface area contributed by atoms with Gasteiger partial charge < -0.3 is 15.8 Å². The van der Waals surface area contributed by atoms with Gasteiger partial charge in [0.05, 0.1) is 24.8 Å². The third-order valence-electron chi connectivity index (χ3n) is 3.66. The maximum absolute atomic E-state index is 14.0. The van der Waals surface area contributed by atoms with Crippen LogP contribution in [0.5, 0.6) is 5.75 Å². The minimum atomic E-state index is -0.697. The van der Waals surface area contributed by atoms with Crippen molar-refractivity contribution in [3.8, 4) is 5.75 Å². The number of halogens is 2. The van der Waals surface area contributed by atoms with E-state index in [1.54, 1.807) is 19.1 Å². The first-order valence-corrected chi connectivity index (χ1v) is 7.45. The van der Waals surface area contributed by atoms with Crippen molar-refractivity contribution >= 4 is 18.3 Å². The molecule has 0 aromatic heterocycles. The summed E-state index contributed by atoms with van der Waals surface area (Å²) in [4.78, 5) is 12.2. The second-order valence-electron chi connectivity index (χ2n) is 5.38. The standard InChI is InChI=1S/C18H21FN2O2.ClH/c1-12(17-14(19)9-6-10-16(17)23-2)21-18(22)15(20)11-13-7-4-3-5-8-13;/h3-10,12,15H,11,20H2,1-2H3,(H,21,22);1H/t12?,15-;/m0./s1. The zero-order chi connectivity index (χ0) is 16.8. The molecule has 0 aliphatic rings. The molecule has 2 atom stereocenters. The Bertz CT molecular complexity index is 667. The molecule has 4 nitrogen and oxygen atoms in total. The fraction of sp³-hybridized carbons (Fsp3) is 0.278. The van der Waals surface area contributed by atoms with E-state index in [0.29, 0.717) is 17.7 Å². The largest absolute Gasteiger partial charge is 0.496 e. The van der Waals surface area contributed by atoms with Crippen molar-refractivity contribution in [1.29, 1.82) is 0 Å². The molecule has 0 bridgehead atoms. The number of benzene rings is 2. The fourth-order valence-electron chi connectivity index (χ4n) is 2.47. The number of carbonyl (C=O) groups is 1. The minimum Gasteiger partial charge on any atom is -0.496 e. The van der Waals surface area contributed by atoms with Gasteiger partial charge in [-0.15, -0.1) is 12.4 Å². The number of nitrogens with two attached hydrogens (primary N) is 1. The zero-order valence-electron chi connectivity index (χ0n) is 13.7. The van der Waals surface area contributed by atoms with Gasteiger partial charge in [0, 0.05) is 0 Å². The fourth-order valence-corrected chi connectivity index (χ4v) is 2.47. The number of carbonyl (C=O) groups excluding carboxylic acids is 1. The SMILES string of the molecule is COc1cccc(F)c1C(C)NC(=O)[C@@H](N)Cc1ccccc1.Cl. The van der Waals surface area contributed by atoms with Gasteiger partial charge in [0.2, 0.25) is 5.91 Å². The van der Waals surface area contributed by atoms with Crippen LogP contribution in [0.1, 0.15) is 24.1 Å². The van der Waals surface area contributed by atoms with Crippen molar-refractivity contribution in [2.45, 2.75) is 25.4 Å². The first-order chi connectivity index (χ1) is 11.0. The van der Waals surface area contributed by atoms with Crippen LogP contribution in [-0.2, 0) is 11.2 Å². The highest BCUT2D eigenvalue weighted by molar-refractivity contribution is 5.85. The summed E-state index contributed by atoms with van der Waals surface area (Å²) < 4.78 is 19.2. The zero-order valence-corrected chi connectivity index (χ0v) is 14.5. The van der Waals surface area contributed by atoms with Gasteiger partial charge in [0.15, 0.2) is 0 Å². The molecule has 0 radical (unpaired) electrons. The number of methoxy groups -OCH3 is 1. The number of hydrogen-bond acceptors (Lipinski definition) is 3. The number of nitrogens with one attached hydrogen (secondary N) is 1. The Morgan fingerprint density at radius 3 is 2.50 bits per heavy atom. The van der Waals surface area contributed by atoms with Gasteiger partial charge in [0.25, 0.3) is 0 Å². The molecule has 0 saturated heterocycles. The minimum absolute atomic E-state index is 0. The number of ether oxygens (including phenoxy) is 1. The summed E-state index contributed by atoms with van der Waals surface area (Å²) in [5.41, 5.74) is 7.24. The van der Waals surface area contributed by atoms with Crippen molar-refractivity contribution in [2.24, 2.45) is 5.73 Å². The second kappa shape index (κ2) is 9.25. The molecule has 6 heteroatoms. The molecule has 1 amide bonds. The van der Waals surface area contributed by atoms with Crippen molar-refractivity contribution in [3.63, 3.8) is 0 Å². The van der Waals surface area contributed by atoms with Crippen LogP contribution in [0.4, 0.5) is 4.39 Å². The maximum Gasteiger partial charge on any atom is 0.237 e. The molecule has 2 aromatic carbocycles. The molecule has 24 heavy (non-hydrogen) atoms. The quantitative estimate of drug-likeness (QED) is 0.840. The van der Waals surface area contributed by atoms with E-state index in [-0.39, 0.29) is 18.3 Å². The summed E-state index contributed by atoms with van der Waals surface area (Å²) in [6, 6.07) is 12.8. The first kappa shape index (κ1) is 19.9. The predicted octanol–water partition coefficient (Wildman–Crippen LogP) is 3.00. The van der Waals surface area contributed by atoms with Crippen LogP contribution in [0.3, 0.4) is 0 Å². The van der Waals surface area contributed by atoms with E-state index in [1.807, 2.05) is 30.3 Å². The van der Waals surface area contributed by atoms with Gasteiger partial charge in [-0.1, -0.05) is 36.4 Å². The Hall–Kier alpha value is -2.11. The van der Waals surface area contributed by atoms with Crippen LogP contribution in [0.2, 0.25) is 0 Å². The normalized spacial score (nSPS) is 12.7. The Kier molecular flexibility index (Phi) is 7.68. The summed E-state index contributed by atoms with van der Waals surface area (Å²) in [6.45, 7) is 1.70. The molecule has 0 saturated carbocycles. The Morgan fingerprint density at radius 2 is 1.88 bits per heavy atom. The molecule has 2 aromatic rings. The molecule has 0 aliphatic carbocycles. The lowest BCUT2D eigenvalue weighted by Gasteiger charge is -2.20. The van der Waals surface area contributed by atoms with E-state index < -0.39 is 17.9 Å². The molecule has 130 valence electrons. The van der Waals surface area contributed by atoms with E-state index in [9.17, 15) is 9.18 Å². The van der Waals surface area contributed by atoms with Crippen LogP contribution in [-0.4, -0.2) is 19.1 Å². The van der Waals surface area contributed by atoms with E-state index in [0.717, 1.165) is 5.56 Å². The topological polar surface area (TPSA) is 64.3 Å². The Morgan fingerprint density at radius 1 is 1.21 bits per heavy atom. The maximum atomic E-state index is 14.0. The third kappa shape index (κ3) is 4.94. The summed E-state index contributed by atoms with van der Waals surface area (Å²) in [5, 5.41) is 2.75. The van der Waals surface area contributed by atoms with Crippen molar-refractivity contribution in [1.82, 2.24) is 5.32 Å². The number of amides is 1. The van der Waals surface area contributed by atoms with Gasteiger partial charge in [-0.05, 0) is 31.0 Å². The molecule has 0 heterocycles. The molecule has 0 aliphatic heterocycles. The lowest BCUT2D eigenvalue weighted by Crippen LogP contribution is -2.43. The monoisotopic (exact) mass is 352 g/mol. The van der Waals surface area contributed by atoms with Crippen molar-refractivity contribution < 1.29 is 13.9 Å². The van der Waals surface area contributed by atoms with Crippen LogP contribution in [0.15, 0.2) is 48.5 Å². The Labute approximate surface area is 147 Å². The summed E-state index contributed by atoms with van der Waals surface area (Å²) in [5.74, 6) is -0.352.